The second-order valence-electron chi connectivity index (χ2n) is 6.67. The molecule has 26 heavy (non-hydrogen) atoms. The molecule has 2 aromatic rings. The topological polar surface area (TPSA) is 82.5 Å². The third-order valence-corrected chi connectivity index (χ3v) is 3.31. The molecule has 7 nitrogen and oxygen atoms in total. The normalized spacial score (nSPS) is 11.1. The average Bonchev–Trinajstić information content (AvgIpc) is 2.98. The molecular formula is C19H25N3O4. The van der Waals surface area contributed by atoms with Crippen molar-refractivity contribution >= 4 is 12.1 Å². The van der Waals surface area contributed by atoms with Crippen LogP contribution in [0.4, 0.5) is 4.79 Å². The van der Waals surface area contributed by atoms with Crippen LogP contribution in [-0.4, -0.2) is 40.6 Å². The van der Waals surface area contributed by atoms with Crippen molar-refractivity contribution in [1.29, 1.82) is 0 Å². The summed E-state index contributed by atoms with van der Waals surface area (Å²) in [7, 11) is 0. The molecule has 1 heterocycles. The van der Waals surface area contributed by atoms with Gasteiger partial charge in [0.2, 0.25) is 0 Å². The van der Waals surface area contributed by atoms with Crippen LogP contribution in [0, 0.1) is 0 Å². The Morgan fingerprint density at radius 3 is 2.50 bits per heavy atom. The molecule has 0 fully saturated rings. The van der Waals surface area contributed by atoms with Crippen LogP contribution in [0.25, 0.3) is 11.3 Å². The molecule has 1 amide bonds. The maximum atomic E-state index is 12.2. The number of benzene rings is 1. The zero-order chi connectivity index (χ0) is 19.2. The van der Waals surface area contributed by atoms with E-state index in [4.69, 9.17) is 9.47 Å². The summed E-state index contributed by atoms with van der Waals surface area (Å²) in [6, 6.07) is 9.43. The van der Waals surface area contributed by atoms with E-state index in [9.17, 15) is 9.59 Å². The van der Waals surface area contributed by atoms with E-state index in [1.807, 2.05) is 30.3 Å². The number of nitrogens with one attached hydrogen (secondary N) is 1. The van der Waals surface area contributed by atoms with Gasteiger partial charge < -0.3 is 14.8 Å². The Hall–Kier alpha value is -2.83. The summed E-state index contributed by atoms with van der Waals surface area (Å²) in [5.41, 5.74) is 1.24. The van der Waals surface area contributed by atoms with E-state index in [0.29, 0.717) is 31.0 Å². The lowest BCUT2D eigenvalue weighted by Gasteiger charge is -2.19. The van der Waals surface area contributed by atoms with E-state index in [1.54, 1.807) is 38.6 Å². The van der Waals surface area contributed by atoms with Crippen molar-refractivity contribution in [3.8, 4) is 11.3 Å². The lowest BCUT2D eigenvalue weighted by molar-refractivity contribution is 0.0514. The first-order chi connectivity index (χ1) is 12.3. The first-order valence-corrected chi connectivity index (χ1v) is 8.57. The Labute approximate surface area is 153 Å². The van der Waals surface area contributed by atoms with Gasteiger partial charge in [0.25, 0.3) is 0 Å². The van der Waals surface area contributed by atoms with Gasteiger partial charge in [-0.2, -0.15) is 5.10 Å². The molecule has 7 heteroatoms. The van der Waals surface area contributed by atoms with Crippen LogP contribution in [0.1, 0.15) is 38.1 Å². The van der Waals surface area contributed by atoms with Gasteiger partial charge in [-0.1, -0.05) is 30.3 Å². The summed E-state index contributed by atoms with van der Waals surface area (Å²) in [5, 5.41) is 7.15. The molecule has 0 aliphatic carbocycles. The molecule has 0 atom stereocenters. The van der Waals surface area contributed by atoms with Crippen molar-refractivity contribution in [2.45, 2.75) is 39.8 Å². The Kier molecular flexibility index (Phi) is 6.38. The van der Waals surface area contributed by atoms with Crippen LogP contribution < -0.4 is 5.32 Å². The third kappa shape index (κ3) is 5.61. The number of ether oxygens (including phenoxy) is 2. The molecule has 0 radical (unpaired) electrons. The smallest absolute Gasteiger partial charge is 0.407 e. The maximum absolute atomic E-state index is 12.2. The predicted molar refractivity (Wildman–Crippen MR) is 97.9 cm³/mol. The molecule has 1 aromatic heterocycles. The fourth-order valence-electron chi connectivity index (χ4n) is 2.29. The average molecular weight is 359 g/mol. The molecule has 0 saturated heterocycles. The summed E-state index contributed by atoms with van der Waals surface area (Å²) in [4.78, 5) is 23.9. The van der Waals surface area contributed by atoms with Crippen molar-refractivity contribution in [3.05, 3.63) is 42.1 Å². The lowest BCUT2D eigenvalue weighted by atomic mass is 10.1. The summed E-state index contributed by atoms with van der Waals surface area (Å²) in [6.07, 6.45) is 1.15. The highest BCUT2D eigenvalue weighted by Crippen LogP contribution is 2.22. The zero-order valence-corrected chi connectivity index (χ0v) is 15.6. The quantitative estimate of drug-likeness (QED) is 0.801. The van der Waals surface area contributed by atoms with Gasteiger partial charge in [0, 0.05) is 18.3 Å². The predicted octanol–water partition coefficient (Wildman–Crippen LogP) is 3.25. The fourth-order valence-corrected chi connectivity index (χ4v) is 2.29. The number of hydrogen-bond acceptors (Lipinski definition) is 5. The van der Waals surface area contributed by atoms with Gasteiger partial charge >= 0.3 is 12.1 Å². The highest BCUT2D eigenvalue weighted by molar-refractivity contribution is 5.96. The van der Waals surface area contributed by atoms with E-state index in [-0.39, 0.29) is 0 Å². The number of alkyl carbamates (subject to hydrolysis) is 1. The number of rotatable bonds is 6. The number of aromatic nitrogens is 2. The summed E-state index contributed by atoms with van der Waals surface area (Å²) in [6.45, 7) is 8.19. The first-order valence-electron chi connectivity index (χ1n) is 8.57. The minimum absolute atomic E-state index is 0.290. The maximum Gasteiger partial charge on any atom is 0.407 e. The molecule has 140 valence electrons. The van der Waals surface area contributed by atoms with Crippen LogP contribution >= 0.6 is 0 Å². The second kappa shape index (κ2) is 8.51. The van der Waals surface area contributed by atoms with Crippen molar-refractivity contribution < 1.29 is 19.1 Å². The van der Waals surface area contributed by atoms with Crippen molar-refractivity contribution in [3.63, 3.8) is 0 Å². The molecule has 2 rings (SSSR count). The van der Waals surface area contributed by atoms with Gasteiger partial charge in [0.1, 0.15) is 16.9 Å². The number of carbonyl (C=O) groups is 2. The summed E-state index contributed by atoms with van der Waals surface area (Å²) in [5.74, 6) is -0.419. The number of carbonyl (C=O) groups excluding carboxylic acids is 2. The van der Waals surface area contributed by atoms with Crippen LogP contribution in [-0.2, 0) is 16.0 Å². The van der Waals surface area contributed by atoms with Gasteiger partial charge in [-0.15, -0.1) is 0 Å². The van der Waals surface area contributed by atoms with Crippen molar-refractivity contribution in [2.75, 3.05) is 13.2 Å². The van der Waals surface area contributed by atoms with Crippen LogP contribution in [0.3, 0.4) is 0 Å². The second-order valence-corrected chi connectivity index (χ2v) is 6.67. The number of hydrogen-bond donors (Lipinski definition) is 1. The highest BCUT2D eigenvalue weighted by Gasteiger charge is 2.19. The van der Waals surface area contributed by atoms with Gasteiger partial charge in [-0.25, -0.2) is 9.59 Å². The summed E-state index contributed by atoms with van der Waals surface area (Å²) < 4.78 is 11.9. The van der Waals surface area contributed by atoms with E-state index < -0.39 is 17.7 Å². The Morgan fingerprint density at radius 1 is 1.19 bits per heavy atom. The molecule has 0 bridgehead atoms. The minimum Gasteiger partial charge on any atom is -0.462 e. The van der Waals surface area contributed by atoms with E-state index in [1.165, 1.54) is 0 Å². The number of esters is 1. The fraction of sp³-hybridized carbons (Fsp3) is 0.421. The minimum atomic E-state index is -0.548. The highest BCUT2D eigenvalue weighted by atomic mass is 16.6. The van der Waals surface area contributed by atoms with E-state index in [0.717, 1.165) is 5.56 Å². The Balaban J connectivity index is 2.10. The van der Waals surface area contributed by atoms with E-state index >= 15 is 0 Å². The monoisotopic (exact) mass is 359 g/mol. The van der Waals surface area contributed by atoms with Crippen LogP contribution in [0.15, 0.2) is 36.5 Å². The summed E-state index contributed by atoms with van der Waals surface area (Å²) >= 11 is 0. The molecule has 1 N–H and O–H groups in total. The lowest BCUT2D eigenvalue weighted by Crippen LogP contribution is -2.34. The Bertz CT molecular complexity index is 748. The van der Waals surface area contributed by atoms with Gasteiger partial charge in [0.15, 0.2) is 0 Å². The van der Waals surface area contributed by atoms with Crippen molar-refractivity contribution in [2.24, 2.45) is 0 Å². The number of nitrogens with zero attached hydrogens (tertiary/aromatic N) is 2. The molecule has 1 aromatic carbocycles. The third-order valence-electron chi connectivity index (χ3n) is 3.31. The largest absolute Gasteiger partial charge is 0.462 e. The molecule has 0 aliphatic rings. The van der Waals surface area contributed by atoms with Crippen LogP contribution in [0.2, 0.25) is 0 Å². The van der Waals surface area contributed by atoms with E-state index in [2.05, 4.69) is 10.4 Å². The van der Waals surface area contributed by atoms with Gasteiger partial charge in [-0.05, 0) is 27.7 Å². The van der Waals surface area contributed by atoms with Gasteiger partial charge in [-0.3, -0.25) is 4.68 Å². The molecule has 0 saturated carbocycles. The zero-order valence-electron chi connectivity index (χ0n) is 15.6. The molecular weight excluding hydrogens is 334 g/mol. The first kappa shape index (κ1) is 19.5. The molecule has 0 aliphatic heterocycles. The van der Waals surface area contributed by atoms with Gasteiger partial charge in [0.05, 0.1) is 13.2 Å². The standard InChI is InChI=1S/C19H25N3O4/c1-5-25-17(23)15-13-22(12-11-20-18(24)26-19(2,3)4)21-16(15)14-9-7-6-8-10-14/h6-10,13H,5,11-12H2,1-4H3,(H,20,24). The molecule has 0 unspecified atom stereocenters. The molecule has 0 spiro atoms. The van der Waals surface area contributed by atoms with Crippen LogP contribution in [0.5, 0.6) is 0 Å². The Morgan fingerprint density at radius 2 is 1.88 bits per heavy atom. The number of amides is 1. The van der Waals surface area contributed by atoms with Crippen molar-refractivity contribution in [1.82, 2.24) is 15.1 Å². The SMILES string of the molecule is CCOC(=O)c1cn(CCNC(=O)OC(C)(C)C)nc1-c1ccccc1.